The van der Waals surface area contributed by atoms with Crippen LogP contribution in [0.2, 0.25) is 5.02 Å². The van der Waals surface area contributed by atoms with Crippen LogP contribution in [0.3, 0.4) is 0 Å². The molecule has 40 heavy (non-hydrogen) atoms. The van der Waals surface area contributed by atoms with Crippen molar-refractivity contribution in [3.63, 3.8) is 0 Å². The minimum Gasteiger partial charge on any atom is -0.350 e. The standard InChI is InChI=1S/C26H22ClN7O4S2/c27-17-7-9-19(10-8-17)40(37,38)32-13-3-4-18(16-32)29-25-28-12-11-21(30-25)24-23(31-26-33(24)14-15-39-26)20-5-1-2-6-22(20)34(35)36/h1-2,5-12,14-15,18H,3-4,13,16H2,(H,28,29,30)/t18-/m1/s1. The van der Waals surface area contributed by atoms with E-state index in [1.54, 1.807) is 42.6 Å². The van der Waals surface area contributed by atoms with Crippen molar-refractivity contribution in [2.75, 3.05) is 18.4 Å². The van der Waals surface area contributed by atoms with Crippen LogP contribution in [-0.4, -0.2) is 56.1 Å². The number of thiazole rings is 1. The second kappa shape index (κ2) is 10.6. The fourth-order valence-corrected chi connectivity index (χ4v) is 7.19. The molecule has 0 spiro atoms. The average molecular weight is 596 g/mol. The Hall–Kier alpha value is -3.91. The van der Waals surface area contributed by atoms with E-state index in [0.717, 1.165) is 6.42 Å². The van der Waals surface area contributed by atoms with E-state index in [4.69, 9.17) is 21.6 Å². The van der Waals surface area contributed by atoms with E-state index in [1.807, 2.05) is 16.0 Å². The van der Waals surface area contributed by atoms with Gasteiger partial charge < -0.3 is 5.32 Å². The Morgan fingerprint density at radius 2 is 1.90 bits per heavy atom. The molecule has 14 heteroatoms. The first-order chi connectivity index (χ1) is 19.3. The second-order valence-electron chi connectivity index (χ2n) is 9.20. The number of rotatable bonds is 7. The average Bonchev–Trinajstić information content (AvgIpc) is 3.55. The Morgan fingerprint density at radius 3 is 2.70 bits per heavy atom. The van der Waals surface area contributed by atoms with Crippen LogP contribution in [0.1, 0.15) is 12.8 Å². The minimum atomic E-state index is -3.68. The molecule has 0 bridgehead atoms. The molecule has 1 atom stereocenters. The van der Waals surface area contributed by atoms with Crippen molar-refractivity contribution in [2.24, 2.45) is 0 Å². The Bertz CT molecular complexity index is 1820. The Labute approximate surface area is 238 Å². The van der Waals surface area contributed by atoms with Crippen LogP contribution >= 0.6 is 22.9 Å². The third kappa shape index (κ3) is 4.92. The third-order valence-corrected chi connectivity index (χ3v) is 9.57. The lowest BCUT2D eigenvalue weighted by atomic mass is 10.1. The first-order valence-electron chi connectivity index (χ1n) is 12.4. The second-order valence-corrected chi connectivity index (χ2v) is 12.5. The Balaban J connectivity index is 1.30. The molecule has 1 fully saturated rings. The highest BCUT2D eigenvalue weighted by Gasteiger charge is 2.31. The van der Waals surface area contributed by atoms with E-state index < -0.39 is 14.9 Å². The summed E-state index contributed by atoms with van der Waals surface area (Å²) in [5.41, 5.74) is 1.92. The summed E-state index contributed by atoms with van der Waals surface area (Å²) in [5.74, 6) is 0.326. The summed E-state index contributed by atoms with van der Waals surface area (Å²) >= 11 is 7.35. The summed E-state index contributed by atoms with van der Waals surface area (Å²) in [4.78, 5) is 26.0. The molecule has 0 amide bonds. The lowest BCUT2D eigenvalue weighted by molar-refractivity contribution is -0.384. The van der Waals surface area contributed by atoms with Gasteiger partial charge in [0.05, 0.1) is 21.1 Å². The molecule has 0 aliphatic carbocycles. The van der Waals surface area contributed by atoms with Crippen LogP contribution in [0.25, 0.3) is 27.6 Å². The lowest BCUT2D eigenvalue weighted by Gasteiger charge is -2.32. The van der Waals surface area contributed by atoms with Crippen LogP contribution in [0.4, 0.5) is 11.6 Å². The van der Waals surface area contributed by atoms with Gasteiger partial charge in [-0.05, 0) is 49.2 Å². The zero-order valence-corrected chi connectivity index (χ0v) is 23.2. The summed E-state index contributed by atoms with van der Waals surface area (Å²) in [6.45, 7) is 0.663. The van der Waals surface area contributed by atoms with Crippen molar-refractivity contribution in [2.45, 2.75) is 23.8 Å². The molecule has 6 rings (SSSR count). The molecule has 2 aromatic carbocycles. The Morgan fingerprint density at radius 1 is 1.10 bits per heavy atom. The molecule has 11 nitrogen and oxygen atoms in total. The fraction of sp³-hybridized carbons (Fsp3) is 0.192. The number of imidazole rings is 1. The zero-order chi connectivity index (χ0) is 27.9. The quantitative estimate of drug-likeness (QED) is 0.196. The van der Waals surface area contributed by atoms with E-state index in [0.29, 0.717) is 51.5 Å². The normalized spacial score (nSPS) is 16.3. The number of nitro benzene ring substituents is 1. The smallest absolute Gasteiger partial charge is 0.278 e. The molecule has 1 N–H and O–H groups in total. The molecule has 5 aromatic rings. The molecular formula is C26H22ClN7O4S2. The van der Waals surface area contributed by atoms with Gasteiger partial charge in [-0.25, -0.2) is 23.4 Å². The number of nitrogens with zero attached hydrogens (tertiary/aromatic N) is 6. The van der Waals surface area contributed by atoms with Gasteiger partial charge in [-0.2, -0.15) is 4.31 Å². The van der Waals surface area contributed by atoms with Crippen LogP contribution in [0, 0.1) is 10.1 Å². The molecule has 0 unspecified atom stereocenters. The Kier molecular flexibility index (Phi) is 6.96. The number of piperidine rings is 1. The number of fused-ring (bicyclic) bond motifs is 1. The highest BCUT2D eigenvalue weighted by molar-refractivity contribution is 7.89. The zero-order valence-electron chi connectivity index (χ0n) is 20.8. The van der Waals surface area contributed by atoms with E-state index >= 15 is 0 Å². The summed E-state index contributed by atoms with van der Waals surface area (Å²) in [5, 5.41) is 17.4. The minimum absolute atomic E-state index is 0.0499. The number of nitro groups is 1. The van der Waals surface area contributed by atoms with Gasteiger partial charge in [-0.3, -0.25) is 14.5 Å². The van der Waals surface area contributed by atoms with Gasteiger partial charge in [-0.1, -0.05) is 23.7 Å². The van der Waals surface area contributed by atoms with E-state index in [9.17, 15) is 18.5 Å². The third-order valence-electron chi connectivity index (χ3n) is 6.68. The number of hydrogen-bond acceptors (Lipinski definition) is 9. The molecular weight excluding hydrogens is 574 g/mol. The van der Waals surface area contributed by atoms with Crippen LogP contribution in [0.5, 0.6) is 0 Å². The summed E-state index contributed by atoms with van der Waals surface area (Å²) in [6.07, 6.45) is 4.86. The number of anilines is 1. The van der Waals surface area contributed by atoms with Gasteiger partial charge in [0.15, 0.2) is 4.96 Å². The van der Waals surface area contributed by atoms with Crippen molar-refractivity contribution < 1.29 is 13.3 Å². The SMILES string of the molecule is O=[N+]([O-])c1ccccc1-c1nc2sccn2c1-c1ccnc(N[C@@H]2CCCN(S(=O)(=O)c3ccc(Cl)cc3)C2)n1. The fourth-order valence-electron chi connectivity index (χ4n) is 4.83. The largest absolute Gasteiger partial charge is 0.350 e. The maximum absolute atomic E-state index is 13.2. The van der Waals surface area contributed by atoms with Gasteiger partial charge in [0, 0.05) is 48.0 Å². The molecule has 204 valence electrons. The summed E-state index contributed by atoms with van der Waals surface area (Å²) in [6, 6.07) is 14.1. The first-order valence-corrected chi connectivity index (χ1v) is 15.1. The monoisotopic (exact) mass is 595 g/mol. The highest BCUT2D eigenvalue weighted by Crippen LogP contribution is 2.38. The van der Waals surface area contributed by atoms with Crippen LogP contribution in [-0.2, 0) is 10.0 Å². The van der Waals surface area contributed by atoms with Crippen molar-refractivity contribution in [3.8, 4) is 22.6 Å². The molecule has 1 aliphatic rings. The number of hydrogen-bond donors (Lipinski definition) is 1. The van der Waals surface area contributed by atoms with Gasteiger partial charge >= 0.3 is 0 Å². The summed E-state index contributed by atoms with van der Waals surface area (Å²) in [7, 11) is -3.68. The number of para-hydroxylation sites is 1. The van der Waals surface area contributed by atoms with Crippen molar-refractivity contribution in [1.29, 1.82) is 0 Å². The maximum Gasteiger partial charge on any atom is 0.278 e. The number of aromatic nitrogens is 4. The number of nitrogens with one attached hydrogen (secondary N) is 1. The topological polar surface area (TPSA) is 136 Å². The molecule has 0 saturated carbocycles. The predicted molar refractivity (Wildman–Crippen MR) is 153 cm³/mol. The molecule has 1 aliphatic heterocycles. The van der Waals surface area contributed by atoms with Gasteiger partial charge in [0.1, 0.15) is 11.4 Å². The number of sulfonamides is 1. The van der Waals surface area contributed by atoms with Crippen LogP contribution < -0.4 is 5.32 Å². The maximum atomic E-state index is 13.2. The van der Waals surface area contributed by atoms with Crippen molar-refractivity contribution in [1.82, 2.24) is 23.7 Å². The lowest BCUT2D eigenvalue weighted by Crippen LogP contribution is -2.45. The molecule has 0 radical (unpaired) electrons. The summed E-state index contributed by atoms with van der Waals surface area (Å²) < 4.78 is 29.7. The molecule has 1 saturated heterocycles. The first kappa shape index (κ1) is 26.3. The van der Waals surface area contributed by atoms with Gasteiger partial charge in [-0.15, -0.1) is 11.3 Å². The van der Waals surface area contributed by atoms with E-state index in [1.165, 1.54) is 33.8 Å². The van der Waals surface area contributed by atoms with Crippen molar-refractivity contribution >= 4 is 49.6 Å². The number of halogens is 1. The molecule has 3 aromatic heterocycles. The van der Waals surface area contributed by atoms with Gasteiger partial charge in [0.2, 0.25) is 16.0 Å². The van der Waals surface area contributed by atoms with Crippen molar-refractivity contribution in [3.05, 3.63) is 87.5 Å². The molecule has 4 heterocycles. The highest BCUT2D eigenvalue weighted by atomic mass is 35.5. The van der Waals surface area contributed by atoms with E-state index in [2.05, 4.69) is 10.3 Å². The number of benzene rings is 2. The van der Waals surface area contributed by atoms with Gasteiger partial charge in [0.25, 0.3) is 5.69 Å². The predicted octanol–water partition coefficient (Wildman–Crippen LogP) is 5.35. The van der Waals surface area contributed by atoms with E-state index in [-0.39, 0.29) is 23.2 Å². The van der Waals surface area contributed by atoms with Crippen LogP contribution in [0.15, 0.2) is 77.3 Å².